The van der Waals surface area contributed by atoms with E-state index in [2.05, 4.69) is 20.9 Å². The van der Waals surface area contributed by atoms with Crippen molar-refractivity contribution in [1.29, 1.82) is 0 Å². The lowest BCUT2D eigenvalue weighted by Crippen LogP contribution is -1.89. The number of benzene rings is 1. The summed E-state index contributed by atoms with van der Waals surface area (Å²) in [7, 11) is 0. The highest BCUT2D eigenvalue weighted by molar-refractivity contribution is 9.10. The predicted molar refractivity (Wildman–Crippen MR) is 48.4 cm³/mol. The zero-order valence-corrected chi connectivity index (χ0v) is 7.82. The van der Waals surface area contributed by atoms with Crippen LogP contribution in [-0.4, -0.2) is 9.91 Å². The van der Waals surface area contributed by atoms with Crippen molar-refractivity contribution in [2.24, 2.45) is 0 Å². The third-order valence-corrected chi connectivity index (χ3v) is 2.04. The number of nitro groups is 1. The van der Waals surface area contributed by atoms with E-state index in [9.17, 15) is 10.1 Å². The van der Waals surface area contributed by atoms with Crippen LogP contribution in [0.25, 0.3) is 11.1 Å². The van der Waals surface area contributed by atoms with Gasteiger partial charge in [-0.05, 0) is 6.07 Å². The van der Waals surface area contributed by atoms with Gasteiger partial charge >= 0.3 is 0 Å². The SMILES string of the molecule is O=[N+]([O-])c1cc(Br)cc2ocnc12. The standard InChI is InChI=1S/C7H3BrN2O3/c8-4-1-5(10(11)12)7-6(2-4)13-3-9-7/h1-3H. The van der Waals surface area contributed by atoms with E-state index < -0.39 is 4.92 Å². The Morgan fingerprint density at radius 2 is 2.31 bits per heavy atom. The quantitative estimate of drug-likeness (QED) is 0.569. The Labute approximate surface area is 80.6 Å². The number of nitrogens with zero attached hydrogens (tertiary/aromatic N) is 2. The van der Waals surface area contributed by atoms with E-state index in [1.165, 1.54) is 12.5 Å². The van der Waals surface area contributed by atoms with E-state index in [1.807, 2.05) is 0 Å². The Morgan fingerprint density at radius 1 is 1.54 bits per heavy atom. The molecule has 0 fully saturated rings. The van der Waals surface area contributed by atoms with Gasteiger partial charge in [0.2, 0.25) is 0 Å². The van der Waals surface area contributed by atoms with Gasteiger partial charge in [0.25, 0.3) is 5.69 Å². The molecule has 13 heavy (non-hydrogen) atoms. The summed E-state index contributed by atoms with van der Waals surface area (Å²) in [6.45, 7) is 0. The molecular formula is C7H3BrN2O3. The Kier molecular flexibility index (Phi) is 1.77. The number of halogens is 1. The van der Waals surface area contributed by atoms with Crippen LogP contribution in [0.5, 0.6) is 0 Å². The molecule has 0 aliphatic heterocycles. The number of nitro benzene ring substituents is 1. The Morgan fingerprint density at radius 3 is 3.00 bits per heavy atom. The minimum atomic E-state index is -0.490. The van der Waals surface area contributed by atoms with E-state index in [1.54, 1.807) is 6.07 Å². The predicted octanol–water partition coefficient (Wildman–Crippen LogP) is 2.50. The third-order valence-electron chi connectivity index (χ3n) is 1.58. The van der Waals surface area contributed by atoms with Crippen LogP contribution in [0.3, 0.4) is 0 Å². The summed E-state index contributed by atoms with van der Waals surface area (Å²) in [6.07, 6.45) is 1.18. The summed E-state index contributed by atoms with van der Waals surface area (Å²) in [6, 6.07) is 3.03. The van der Waals surface area contributed by atoms with Crippen molar-refractivity contribution in [3.8, 4) is 0 Å². The highest BCUT2D eigenvalue weighted by Gasteiger charge is 2.16. The molecule has 0 spiro atoms. The molecule has 0 aliphatic carbocycles. The summed E-state index contributed by atoms with van der Waals surface area (Å²) < 4.78 is 5.54. The fourth-order valence-electron chi connectivity index (χ4n) is 1.06. The number of non-ortho nitro benzene ring substituents is 1. The van der Waals surface area contributed by atoms with Crippen molar-refractivity contribution < 1.29 is 9.34 Å². The van der Waals surface area contributed by atoms with Crippen molar-refractivity contribution >= 4 is 32.7 Å². The second kappa shape index (κ2) is 2.81. The van der Waals surface area contributed by atoms with Gasteiger partial charge in [0, 0.05) is 10.5 Å². The number of oxazole rings is 1. The molecule has 1 heterocycles. The maximum Gasteiger partial charge on any atom is 0.299 e. The molecule has 0 saturated heterocycles. The van der Waals surface area contributed by atoms with Gasteiger partial charge in [-0.2, -0.15) is 0 Å². The molecular weight excluding hydrogens is 240 g/mol. The van der Waals surface area contributed by atoms with Gasteiger partial charge in [-0.25, -0.2) is 4.98 Å². The molecule has 0 radical (unpaired) electrons. The summed E-state index contributed by atoms with van der Waals surface area (Å²) in [5, 5.41) is 10.6. The van der Waals surface area contributed by atoms with Gasteiger partial charge in [0.05, 0.1) is 4.92 Å². The summed E-state index contributed by atoms with van der Waals surface area (Å²) in [5.74, 6) is 0. The Bertz CT molecular complexity index is 480. The fourth-order valence-corrected chi connectivity index (χ4v) is 1.48. The van der Waals surface area contributed by atoms with Crippen LogP contribution in [0.1, 0.15) is 0 Å². The molecule has 0 aliphatic rings. The molecule has 1 aromatic heterocycles. The Hall–Kier alpha value is -1.43. The lowest BCUT2D eigenvalue weighted by atomic mass is 10.3. The van der Waals surface area contributed by atoms with Crippen molar-refractivity contribution in [2.75, 3.05) is 0 Å². The molecule has 2 rings (SSSR count). The summed E-state index contributed by atoms with van der Waals surface area (Å²) in [4.78, 5) is 13.8. The van der Waals surface area contributed by atoms with Crippen LogP contribution < -0.4 is 0 Å². The van der Waals surface area contributed by atoms with Crippen LogP contribution in [-0.2, 0) is 0 Å². The van der Waals surface area contributed by atoms with Crippen LogP contribution in [0, 0.1) is 10.1 Å². The molecule has 1 aromatic carbocycles. The van der Waals surface area contributed by atoms with Gasteiger partial charge < -0.3 is 4.42 Å². The summed E-state index contributed by atoms with van der Waals surface area (Å²) in [5.41, 5.74) is 0.618. The lowest BCUT2D eigenvalue weighted by Gasteiger charge is -1.92. The fraction of sp³-hybridized carbons (Fsp3) is 0. The average molecular weight is 243 g/mol. The number of hydrogen-bond acceptors (Lipinski definition) is 4. The van der Waals surface area contributed by atoms with Crippen molar-refractivity contribution in [3.05, 3.63) is 33.1 Å². The van der Waals surface area contributed by atoms with Gasteiger partial charge in [-0.1, -0.05) is 15.9 Å². The zero-order chi connectivity index (χ0) is 9.42. The highest BCUT2D eigenvalue weighted by Crippen LogP contribution is 2.28. The first-order chi connectivity index (χ1) is 6.18. The smallest absolute Gasteiger partial charge is 0.299 e. The molecule has 0 amide bonds. The molecule has 5 nitrogen and oxygen atoms in total. The second-order valence-corrected chi connectivity index (χ2v) is 3.30. The Balaban J connectivity index is 2.84. The minimum Gasteiger partial charge on any atom is -0.443 e. The van der Waals surface area contributed by atoms with Crippen molar-refractivity contribution in [3.63, 3.8) is 0 Å². The molecule has 6 heteroatoms. The third kappa shape index (κ3) is 1.29. The maximum atomic E-state index is 10.6. The van der Waals surface area contributed by atoms with Crippen molar-refractivity contribution in [1.82, 2.24) is 4.98 Å². The van der Waals surface area contributed by atoms with Gasteiger partial charge in [0.15, 0.2) is 17.5 Å². The van der Waals surface area contributed by atoms with Crippen LogP contribution >= 0.6 is 15.9 Å². The lowest BCUT2D eigenvalue weighted by molar-refractivity contribution is -0.383. The highest BCUT2D eigenvalue weighted by atomic mass is 79.9. The van der Waals surface area contributed by atoms with Gasteiger partial charge in [-0.3, -0.25) is 10.1 Å². The molecule has 0 bridgehead atoms. The maximum absolute atomic E-state index is 10.6. The van der Waals surface area contributed by atoms with E-state index >= 15 is 0 Å². The average Bonchev–Trinajstić information content (AvgIpc) is 2.49. The van der Waals surface area contributed by atoms with Crippen LogP contribution in [0.2, 0.25) is 0 Å². The number of rotatable bonds is 1. The molecule has 0 atom stereocenters. The molecule has 66 valence electrons. The molecule has 2 aromatic rings. The molecule has 0 saturated carbocycles. The summed E-state index contributed by atoms with van der Waals surface area (Å²) >= 11 is 3.14. The first kappa shape index (κ1) is 8.18. The second-order valence-electron chi connectivity index (χ2n) is 2.38. The van der Waals surface area contributed by atoms with E-state index in [0.29, 0.717) is 10.1 Å². The zero-order valence-electron chi connectivity index (χ0n) is 6.23. The van der Waals surface area contributed by atoms with E-state index in [0.717, 1.165) is 0 Å². The van der Waals surface area contributed by atoms with E-state index in [4.69, 9.17) is 4.42 Å². The van der Waals surface area contributed by atoms with Gasteiger partial charge in [-0.15, -0.1) is 0 Å². The normalized spacial score (nSPS) is 10.5. The monoisotopic (exact) mass is 242 g/mol. The minimum absolute atomic E-state index is 0.0573. The van der Waals surface area contributed by atoms with Crippen LogP contribution in [0.4, 0.5) is 5.69 Å². The molecule has 0 unspecified atom stereocenters. The largest absolute Gasteiger partial charge is 0.443 e. The number of hydrogen-bond donors (Lipinski definition) is 0. The van der Waals surface area contributed by atoms with Gasteiger partial charge in [0.1, 0.15) is 0 Å². The van der Waals surface area contributed by atoms with Crippen molar-refractivity contribution in [2.45, 2.75) is 0 Å². The number of fused-ring (bicyclic) bond motifs is 1. The van der Waals surface area contributed by atoms with Crippen LogP contribution in [0.15, 0.2) is 27.4 Å². The molecule has 0 N–H and O–H groups in total. The van der Waals surface area contributed by atoms with E-state index in [-0.39, 0.29) is 11.2 Å². The first-order valence-corrected chi connectivity index (χ1v) is 4.15. The first-order valence-electron chi connectivity index (χ1n) is 3.35. The number of aromatic nitrogens is 1. The topological polar surface area (TPSA) is 69.2 Å².